The van der Waals surface area contributed by atoms with Gasteiger partial charge in [-0.15, -0.1) is 0 Å². The highest BCUT2D eigenvalue weighted by Gasteiger charge is 2.19. The van der Waals surface area contributed by atoms with Crippen LogP contribution in [0.15, 0.2) is 112 Å². The molecule has 6 nitrogen and oxygen atoms in total. The van der Waals surface area contributed by atoms with Gasteiger partial charge >= 0.3 is 0 Å². The molecule has 3 N–H and O–H groups in total. The Hall–Kier alpha value is -4.97. The topological polar surface area (TPSA) is 88.5 Å². The van der Waals surface area contributed by atoms with Crippen molar-refractivity contribution in [2.24, 2.45) is 17.8 Å². The molecular weight excluding hydrogens is 448 g/mol. The summed E-state index contributed by atoms with van der Waals surface area (Å²) in [5.41, 5.74) is 11.1. The minimum absolute atomic E-state index is 0.0476. The molecule has 0 atom stereocenters. The molecule has 0 unspecified atom stereocenters. The number of oxazole rings is 1. The first-order valence-corrected chi connectivity index (χ1v) is 11.6. The lowest BCUT2D eigenvalue weighted by Gasteiger charge is -2.08. The van der Waals surface area contributed by atoms with Crippen LogP contribution in [0, 0.1) is 0 Å². The average molecular weight is 472 g/mol. The lowest BCUT2D eigenvalue weighted by Crippen LogP contribution is -2.33. The number of aromatic hydroxyl groups is 1. The fraction of sp³-hybridized carbons (Fsp3) is 0.0333. The van der Waals surface area contributed by atoms with Crippen LogP contribution in [0.1, 0.15) is 11.6 Å². The van der Waals surface area contributed by atoms with E-state index in [1.54, 1.807) is 6.07 Å². The summed E-state index contributed by atoms with van der Waals surface area (Å²) in [6.07, 6.45) is 1.85. The SMILES string of the molecule is C[n+]1c(/C=C(\N)C(=Nc2c(O)ccc3ccccc23)c2nc3ccccc3o2)ccc2ccccc21. The minimum atomic E-state index is 0.0476. The van der Waals surface area contributed by atoms with Crippen molar-refractivity contribution >= 4 is 50.3 Å². The lowest BCUT2D eigenvalue weighted by molar-refractivity contribution is -0.646. The van der Waals surface area contributed by atoms with E-state index in [4.69, 9.17) is 15.1 Å². The molecule has 0 saturated carbocycles. The first-order valence-electron chi connectivity index (χ1n) is 11.6. The van der Waals surface area contributed by atoms with Gasteiger partial charge in [0.2, 0.25) is 17.1 Å². The second-order valence-electron chi connectivity index (χ2n) is 8.58. The number of phenolic OH excluding ortho intramolecular Hbond substituents is 1. The van der Waals surface area contributed by atoms with Gasteiger partial charge in [0.25, 0.3) is 0 Å². The zero-order chi connectivity index (χ0) is 24.6. The van der Waals surface area contributed by atoms with Crippen molar-refractivity contribution in [3.8, 4) is 5.75 Å². The molecule has 0 spiro atoms. The maximum Gasteiger partial charge on any atom is 0.248 e. The molecule has 0 aliphatic carbocycles. The Balaban J connectivity index is 1.58. The summed E-state index contributed by atoms with van der Waals surface area (Å²) in [6, 6.07) is 31.0. The Bertz CT molecular complexity index is 1800. The Labute approximate surface area is 207 Å². The van der Waals surface area contributed by atoms with Crippen molar-refractivity contribution in [1.82, 2.24) is 4.98 Å². The van der Waals surface area contributed by atoms with E-state index in [9.17, 15) is 5.11 Å². The maximum atomic E-state index is 10.8. The zero-order valence-electron chi connectivity index (χ0n) is 19.6. The lowest BCUT2D eigenvalue weighted by atomic mass is 10.1. The Morgan fingerprint density at radius 1 is 0.889 bits per heavy atom. The van der Waals surface area contributed by atoms with Crippen LogP contribution in [-0.4, -0.2) is 15.8 Å². The number of nitrogens with two attached hydrogens (primary N) is 1. The molecule has 2 aromatic heterocycles. The number of rotatable bonds is 4. The molecule has 0 radical (unpaired) electrons. The summed E-state index contributed by atoms with van der Waals surface area (Å²) in [5, 5.41) is 13.6. The fourth-order valence-electron chi connectivity index (χ4n) is 4.41. The van der Waals surface area contributed by atoms with Crippen LogP contribution in [0.25, 0.3) is 38.9 Å². The van der Waals surface area contributed by atoms with Crippen LogP contribution in [-0.2, 0) is 7.05 Å². The van der Waals surface area contributed by atoms with E-state index in [-0.39, 0.29) is 11.6 Å². The number of phenols is 1. The van der Waals surface area contributed by atoms with Gasteiger partial charge in [0.15, 0.2) is 5.58 Å². The third-order valence-electron chi connectivity index (χ3n) is 6.30. The quantitative estimate of drug-likeness (QED) is 0.252. The van der Waals surface area contributed by atoms with E-state index in [0.29, 0.717) is 28.2 Å². The van der Waals surface area contributed by atoms with Crippen molar-refractivity contribution in [2.75, 3.05) is 0 Å². The third kappa shape index (κ3) is 3.75. The van der Waals surface area contributed by atoms with Crippen molar-refractivity contribution < 1.29 is 14.1 Å². The number of pyridine rings is 1. The number of nitrogens with zero attached hydrogens (tertiary/aromatic N) is 3. The van der Waals surface area contributed by atoms with E-state index in [1.807, 2.05) is 85.9 Å². The fourth-order valence-corrected chi connectivity index (χ4v) is 4.41. The summed E-state index contributed by atoms with van der Waals surface area (Å²) in [4.78, 5) is 9.50. The minimum Gasteiger partial charge on any atom is -0.506 e. The Morgan fingerprint density at radius 3 is 2.47 bits per heavy atom. The second-order valence-corrected chi connectivity index (χ2v) is 8.58. The van der Waals surface area contributed by atoms with Crippen molar-refractivity contribution in [1.29, 1.82) is 0 Å². The predicted octanol–water partition coefficient (Wildman–Crippen LogP) is 5.78. The van der Waals surface area contributed by atoms with Gasteiger partial charge in [-0.1, -0.05) is 54.6 Å². The van der Waals surface area contributed by atoms with Crippen molar-refractivity contribution in [2.45, 2.75) is 0 Å². The molecule has 0 fully saturated rings. The number of aromatic nitrogens is 2. The zero-order valence-corrected chi connectivity index (χ0v) is 19.6. The summed E-state index contributed by atoms with van der Waals surface area (Å²) in [6.45, 7) is 0. The van der Waals surface area contributed by atoms with Gasteiger partial charge in [0, 0.05) is 29.0 Å². The predicted molar refractivity (Wildman–Crippen MR) is 143 cm³/mol. The molecule has 0 amide bonds. The number of hydrogen-bond donors (Lipinski definition) is 2. The highest BCUT2D eigenvalue weighted by molar-refractivity contribution is 6.15. The number of hydrogen-bond acceptors (Lipinski definition) is 5. The molecule has 0 saturated heterocycles. The van der Waals surface area contributed by atoms with Gasteiger partial charge in [0.05, 0.1) is 5.70 Å². The van der Waals surface area contributed by atoms with E-state index in [2.05, 4.69) is 27.8 Å². The van der Waals surface area contributed by atoms with Crippen LogP contribution < -0.4 is 10.3 Å². The van der Waals surface area contributed by atoms with Crippen LogP contribution in [0.4, 0.5) is 5.69 Å². The first kappa shape index (κ1) is 21.6. The Morgan fingerprint density at radius 2 is 1.61 bits per heavy atom. The highest BCUT2D eigenvalue weighted by atomic mass is 16.3. The van der Waals surface area contributed by atoms with Crippen molar-refractivity contribution in [3.63, 3.8) is 0 Å². The summed E-state index contributed by atoms with van der Waals surface area (Å²) in [5.74, 6) is 0.326. The molecule has 6 rings (SSSR count). The van der Waals surface area contributed by atoms with Crippen LogP contribution in [0.5, 0.6) is 5.75 Å². The molecule has 6 heteroatoms. The van der Waals surface area contributed by atoms with Gasteiger partial charge in [-0.2, -0.15) is 4.57 Å². The van der Waals surface area contributed by atoms with Gasteiger partial charge < -0.3 is 15.3 Å². The molecular formula is C30H23N4O2+. The van der Waals surface area contributed by atoms with E-state index in [0.717, 1.165) is 27.4 Å². The largest absolute Gasteiger partial charge is 0.506 e. The number of benzene rings is 4. The molecule has 6 aromatic rings. The van der Waals surface area contributed by atoms with Crippen LogP contribution in [0.2, 0.25) is 0 Å². The van der Waals surface area contributed by atoms with E-state index < -0.39 is 0 Å². The van der Waals surface area contributed by atoms with Gasteiger partial charge in [-0.25, -0.2) is 9.98 Å². The molecule has 0 aliphatic heterocycles. The first-order chi connectivity index (χ1) is 17.6. The smallest absolute Gasteiger partial charge is 0.248 e. The maximum absolute atomic E-state index is 10.8. The van der Waals surface area contributed by atoms with Crippen molar-refractivity contribution in [3.05, 3.63) is 114 Å². The number of aliphatic imine (C=N–C) groups is 1. The number of fused-ring (bicyclic) bond motifs is 3. The van der Waals surface area contributed by atoms with E-state index in [1.165, 1.54) is 0 Å². The number of para-hydroxylation sites is 3. The monoisotopic (exact) mass is 471 g/mol. The van der Waals surface area contributed by atoms with Gasteiger partial charge in [-0.05, 0) is 35.7 Å². The summed E-state index contributed by atoms with van der Waals surface area (Å²) < 4.78 is 8.13. The molecule has 2 heterocycles. The molecule has 0 bridgehead atoms. The van der Waals surface area contributed by atoms with E-state index >= 15 is 0 Å². The summed E-state index contributed by atoms with van der Waals surface area (Å²) >= 11 is 0. The third-order valence-corrected chi connectivity index (χ3v) is 6.30. The normalized spacial score (nSPS) is 12.6. The van der Waals surface area contributed by atoms with Gasteiger partial charge in [0.1, 0.15) is 29.7 Å². The Kier molecular flexibility index (Phi) is 5.19. The molecule has 0 aliphatic rings. The number of allylic oxidation sites excluding steroid dienone is 1. The molecule has 36 heavy (non-hydrogen) atoms. The molecule has 4 aromatic carbocycles. The van der Waals surface area contributed by atoms with Crippen LogP contribution in [0.3, 0.4) is 0 Å². The highest BCUT2D eigenvalue weighted by Crippen LogP contribution is 2.36. The number of aryl methyl sites for hydroxylation is 1. The average Bonchev–Trinajstić information content (AvgIpc) is 3.34. The summed E-state index contributed by atoms with van der Waals surface area (Å²) in [7, 11) is 1.99. The van der Waals surface area contributed by atoms with Gasteiger partial charge in [-0.3, -0.25) is 0 Å². The van der Waals surface area contributed by atoms with Crippen LogP contribution >= 0.6 is 0 Å². The molecule has 174 valence electrons. The standard InChI is InChI=1S/C30H22N4O2/c1-34-21(16-14-20-9-3-6-12-25(20)34)18-23(31)29(30-32-24-11-5-7-13-27(24)36-30)33-28-22-10-4-2-8-19(22)15-17-26(28)35/h2-18H,1H3,(H2,31,32,35)/p+1. The second kappa shape index (κ2) is 8.67.